The molecule has 0 spiro atoms. The Balaban J connectivity index is 2.36. The summed E-state index contributed by atoms with van der Waals surface area (Å²) in [5.74, 6) is -0.303. The zero-order valence-corrected chi connectivity index (χ0v) is 20.8. The second-order valence-electron chi connectivity index (χ2n) is 8.59. The van der Waals surface area contributed by atoms with Gasteiger partial charge in [-0.05, 0) is 36.1 Å². The van der Waals surface area contributed by atoms with E-state index in [-0.39, 0.29) is 43.5 Å². The van der Waals surface area contributed by atoms with Gasteiger partial charge in [-0.25, -0.2) is 0 Å². The fourth-order valence-corrected chi connectivity index (χ4v) is 3.72. The molecule has 0 fully saturated rings. The van der Waals surface area contributed by atoms with E-state index in [2.05, 4.69) is 13.2 Å². The third-order valence-corrected chi connectivity index (χ3v) is 5.73. The zero-order valence-electron chi connectivity index (χ0n) is 20.8. The predicted molar refractivity (Wildman–Crippen MR) is 138 cm³/mol. The molecule has 0 saturated carbocycles. The van der Waals surface area contributed by atoms with Gasteiger partial charge >= 0.3 is 5.97 Å². The van der Waals surface area contributed by atoms with Crippen LogP contribution in [0.5, 0.6) is 5.75 Å². The van der Waals surface area contributed by atoms with Crippen molar-refractivity contribution in [2.45, 2.75) is 39.3 Å². The van der Waals surface area contributed by atoms with Crippen molar-refractivity contribution in [3.05, 3.63) is 91.0 Å². The van der Waals surface area contributed by atoms with Crippen LogP contribution < -0.4 is 4.74 Å². The molecule has 3 atom stereocenters. The van der Waals surface area contributed by atoms with Gasteiger partial charge in [-0.2, -0.15) is 0 Å². The largest absolute Gasteiger partial charge is 0.491 e. The minimum absolute atomic E-state index is 0.0467. The van der Waals surface area contributed by atoms with Crippen LogP contribution in [0.4, 0.5) is 0 Å². The molecule has 2 rings (SSSR count). The summed E-state index contributed by atoms with van der Waals surface area (Å²) >= 11 is 0. The molecule has 0 bridgehead atoms. The molecular weight excluding hydrogens is 442 g/mol. The lowest BCUT2D eigenvalue weighted by Crippen LogP contribution is -2.40. The molecule has 35 heavy (non-hydrogen) atoms. The SMILES string of the molecule is C=CC[C@H](C)C(=O)OC[C@H](c1ccccc1)N(Cc1ccc(OCCO)cc1)C(=O)[C@@H](C)CC=C. The summed E-state index contributed by atoms with van der Waals surface area (Å²) in [5.41, 5.74) is 1.80. The van der Waals surface area contributed by atoms with E-state index in [1.807, 2.05) is 61.5 Å². The first-order valence-corrected chi connectivity index (χ1v) is 12.0. The standard InChI is InChI=1S/C29H37NO5/c1-5-10-22(3)28(32)30(20-24-14-16-26(17-15-24)34-19-18-31)27(25-12-8-7-9-13-25)21-35-29(33)23(4)11-6-2/h5-9,12-17,22-23,27,31H,1-2,10-11,18-21H2,3-4H3/t22-,23-,27+/m0/s1. The van der Waals surface area contributed by atoms with Crippen molar-refractivity contribution >= 4 is 11.9 Å². The lowest BCUT2D eigenvalue weighted by molar-refractivity contribution is -0.153. The first-order chi connectivity index (χ1) is 16.9. The highest BCUT2D eigenvalue weighted by molar-refractivity contribution is 5.79. The number of aliphatic hydroxyl groups excluding tert-OH is 1. The molecule has 2 aromatic carbocycles. The van der Waals surface area contributed by atoms with Crippen LogP contribution >= 0.6 is 0 Å². The Morgan fingerprint density at radius 2 is 1.60 bits per heavy atom. The molecule has 0 saturated heterocycles. The Morgan fingerprint density at radius 1 is 0.971 bits per heavy atom. The number of hydrogen-bond acceptors (Lipinski definition) is 5. The third-order valence-electron chi connectivity index (χ3n) is 5.73. The molecular formula is C29H37NO5. The molecule has 6 nitrogen and oxygen atoms in total. The van der Waals surface area contributed by atoms with Gasteiger partial charge in [0, 0.05) is 12.5 Å². The first-order valence-electron chi connectivity index (χ1n) is 12.0. The Hall–Kier alpha value is -3.38. The van der Waals surface area contributed by atoms with Gasteiger partial charge in [0.25, 0.3) is 0 Å². The van der Waals surface area contributed by atoms with Crippen molar-refractivity contribution in [3.63, 3.8) is 0 Å². The average molecular weight is 480 g/mol. The first kappa shape index (κ1) is 27.9. The molecule has 6 heteroatoms. The minimum Gasteiger partial charge on any atom is -0.491 e. The van der Waals surface area contributed by atoms with Gasteiger partial charge in [-0.1, -0.05) is 68.5 Å². The number of benzene rings is 2. The van der Waals surface area contributed by atoms with Crippen molar-refractivity contribution in [2.24, 2.45) is 11.8 Å². The van der Waals surface area contributed by atoms with Crippen molar-refractivity contribution in [3.8, 4) is 5.75 Å². The number of carbonyl (C=O) groups is 2. The number of allylic oxidation sites excluding steroid dienone is 2. The molecule has 188 valence electrons. The molecule has 0 aliphatic rings. The summed E-state index contributed by atoms with van der Waals surface area (Å²) in [5, 5.41) is 8.96. The summed E-state index contributed by atoms with van der Waals surface area (Å²) in [4.78, 5) is 28.0. The highest BCUT2D eigenvalue weighted by Gasteiger charge is 2.30. The van der Waals surface area contributed by atoms with Crippen LogP contribution in [0.3, 0.4) is 0 Å². The van der Waals surface area contributed by atoms with Crippen LogP contribution in [-0.4, -0.2) is 41.7 Å². The number of aliphatic hydroxyl groups is 1. The summed E-state index contributed by atoms with van der Waals surface area (Å²) in [6.45, 7) is 11.7. The Morgan fingerprint density at radius 3 is 2.20 bits per heavy atom. The van der Waals surface area contributed by atoms with E-state index in [4.69, 9.17) is 14.6 Å². The van der Waals surface area contributed by atoms with Gasteiger partial charge < -0.3 is 19.5 Å². The van der Waals surface area contributed by atoms with Crippen molar-refractivity contribution < 1.29 is 24.2 Å². The summed E-state index contributed by atoms with van der Waals surface area (Å²) in [7, 11) is 0. The fourth-order valence-electron chi connectivity index (χ4n) is 3.72. The molecule has 0 radical (unpaired) electrons. The lowest BCUT2D eigenvalue weighted by atomic mass is 10.00. The zero-order chi connectivity index (χ0) is 25.6. The van der Waals surface area contributed by atoms with E-state index in [0.717, 1.165) is 11.1 Å². The van der Waals surface area contributed by atoms with E-state index in [9.17, 15) is 9.59 Å². The average Bonchev–Trinajstić information content (AvgIpc) is 2.88. The van der Waals surface area contributed by atoms with E-state index >= 15 is 0 Å². The summed E-state index contributed by atoms with van der Waals surface area (Å²) in [6, 6.07) is 16.6. The maximum Gasteiger partial charge on any atom is 0.309 e. The summed E-state index contributed by atoms with van der Waals surface area (Å²) < 4.78 is 11.2. The third kappa shape index (κ3) is 8.72. The van der Waals surface area contributed by atoms with Crippen LogP contribution in [0.25, 0.3) is 0 Å². The molecule has 0 heterocycles. The van der Waals surface area contributed by atoms with Crippen molar-refractivity contribution in [1.29, 1.82) is 0 Å². The fraction of sp³-hybridized carbons (Fsp3) is 0.379. The van der Waals surface area contributed by atoms with Crippen LogP contribution in [0.2, 0.25) is 0 Å². The minimum atomic E-state index is -0.457. The maximum absolute atomic E-state index is 13.6. The topological polar surface area (TPSA) is 76.1 Å². The van der Waals surface area contributed by atoms with Crippen LogP contribution in [0.15, 0.2) is 79.9 Å². The number of esters is 1. The van der Waals surface area contributed by atoms with Crippen LogP contribution in [0, 0.1) is 11.8 Å². The lowest BCUT2D eigenvalue weighted by Gasteiger charge is -2.34. The van der Waals surface area contributed by atoms with Crippen LogP contribution in [0.1, 0.15) is 43.9 Å². The summed E-state index contributed by atoms with van der Waals surface area (Å²) in [6.07, 6.45) is 4.50. The Labute approximate surface area is 208 Å². The van der Waals surface area contributed by atoms with Gasteiger partial charge in [-0.3, -0.25) is 9.59 Å². The normalized spacial score (nSPS) is 13.2. The number of carbonyl (C=O) groups excluding carboxylic acids is 2. The quantitative estimate of drug-likeness (QED) is 0.284. The number of amides is 1. The van der Waals surface area contributed by atoms with Gasteiger partial charge in [-0.15, -0.1) is 13.2 Å². The molecule has 0 aliphatic heterocycles. The highest BCUT2D eigenvalue weighted by atomic mass is 16.5. The number of nitrogens with zero attached hydrogens (tertiary/aromatic N) is 1. The second kappa shape index (κ2) is 14.8. The Kier molecular flexibility index (Phi) is 11.8. The molecule has 1 amide bonds. The van der Waals surface area contributed by atoms with E-state index < -0.39 is 6.04 Å². The van der Waals surface area contributed by atoms with E-state index in [1.54, 1.807) is 24.0 Å². The molecule has 2 aromatic rings. The van der Waals surface area contributed by atoms with Gasteiger partial charge in [0.2, 0.25) is 5.91 Å². The monoisotopic (exact) mass is 479 g/mol. The van der Waals surface area contributed by atoms with E-state index in [0.29, 0.717) is 25.1 Å². The molecule has 0 aliphatic carbocycles. The Bertz CT molecular complexity index is 941. The maximum atomic E-state index is 13.6. The smallest absolute Gasteiger partial charge is 0.309 e. The number of ether oxygens (including phenoxy) is 2. The molecule has 0 unspecified atom stereocenters. The van der Waals surface area contributed by atoms with E-state index in [1.165, 1.54) is 0 Å². The molecule has 0 aromatic heterocycles. The predicted octanol–water partition coefficient (Wildman–Crippen LogP) is 5.10. The number of hydrogen-bond donors (Lipinski definition) is 1. The molecule has 1 N–H and O–H groups in total. The van der Waals surface area contributed by atoms with Gasteiger partial charge in [0.15, 0.2) is 0 Å². The number of rotatable bonds is 15. The van der Waals surface area contributed by atoms with Gasteiger partial charge in [0.1, 0.15) is 19.0 Å². The van der Waals surface area contributed by atoms with Crippen molar-refractivity contribution in [1.82, 2.24) is 4.90 Å². The van der Waals surface area contributed by atoms with Gasteiger partial charge in [0.05, 0.1) is 18.6 Å². The highest BCUT2D eigenvalue weighted by Crippen LogP contribution is 2.27. The van der Waals surface area contributed by atoms with Crippen LogP contribution in [-0.2, 0) is 20.9 Å². The van der Waals surface area contributed by atoms with Crippen molar-refractivity contribution in [2.75, 3.05) is 19.8 Å². The second-order valence-corrected chi connectivity index (χ2v) is 8.59.